The average Bonchev–Trinajstić information content (AvgIpc) is 3.20. The molecule has 1 amide bonds. The number of carbonyl (C=O) groups is 1. The summed E-state index contributed by atoms with van der Waals surface area (Å²) in [7, 11) is 0. The molecule has 0 unspecified atom stereocenters. The van der Waals surface area contributed by atoms with Crippen molar-refractivity contribution in [2.24, 2.45) is 0 Å². The van der Waals surface area contributed by atoms with Crippen molar-refractivity contribution in [3.05, 3.63) is 52.6 Å². The number of carbonyl (C=O) groups excluding carboxylic acids is 1. The zero-order chi connectivity index (χ0) is 14.7. The predicted molar refractivity (Wildman–Crippen MR) is 84.2 cm³/mol. The minimum absolute atomic E-state index is 0.136. The van der Waals surface area contributed by atoms with E-state index in [1.165, 1.54) is 11.3 Å². The lowest BCUT2D eigenvalue weighted by molar-refractivity contribution is 0.103. The van der Waals surface area contributed by atoms with Crippen molar-refractivity contribution < 1.29 is 4.79 Å². The Kier molecular flexibility index (Phi) is 3.87. The van der Waals surface area contributed by atoms with Crippen LogP contribution in [0.1, 0.15) is 28.7 Å². The lowest BCUT2D eigenvalue weighted by Gasteiger charge is -2.04. The number of amides is 1. The number of H-pyrrole nitrogens is 1. The molecule has 0 aliphatic rings. The van der Waals surface area contributed by atoms with Crippen LogP contribution in [0.25, 0.3) is 5.69 Å². The van der Waals surface area contributed by atoms with E-state index in [-0.39, 0.29) is 5.91 Å². The van der Waals surface area contributed by atoms with Crippen LogP contribution in [0.4, 0.5) is 5.82 Å². The van der Waals surface area contributed by atoms with E-state index < -0.39 is 0 Å². The van der Waals surface area contributed by atoms with Gasteiger partial charge in [-0.2, -0.15) is 5.10 Å². The van der Waals surface area contributed by atoms with E-state index in [1.54, 1.807) is 0 Å². The van der Waals surface area contributed by atoms with Gasteiger partial charge in [-0.1, -0.05) is 13.3 Å². The Morgan fingerprint density at radius 2 is 2.24 bits per heavy atom. The Hall–Kier alpha value is -2.34. The van der Waals surface area contributed by atoms with Crippen LogP contribution in [0.2, 0.25) is 0 Å². The van der Waals surface area contributed by atoms with Crippen LogP contribution in [0, 0.1) is 0 Å². The predicted octanol–water partition coefficient (Wildman–Crippen LogP) is 3.47. The minimum atomic E-state index is -0.136. The summed E-state index contributed by atoms with van der Waals surface area (Å²) >= 11 is 1.42. The molecule has 0 spiro atoms. The molecule has 0 radical (unpaired) electrons. The molecule has 0 bridgehead atoms. The molecule has 0 aliphatic carbocycles. The standard InChI is InChI=1S/C15H16N4OS/c1-2-5-11-10-13(18-17-11)16-15(20)14-12(6-9-21-14)19-7-3-4-8-19/h3-4,6-10H,2,5H2,1H3,(H2,16,17,18,20). The molecule has 0 aromatic carbocycles. The Morgan fingerprint density at radius 3 is 3.00 bits per heavy atom. The second kappa shape index (κ2) is 5.97. The zero-order valence-electron chi connectivity index (χ0n) is 11.7. The van der Waals surface area contributed by atoms with Gasteiger partial charge < -0.3 is 9.88 Å². The Labute approximate surface area is 126 Å². The van der Waals surface area contributed by atoms with Crippen molar-refractivity contribution in [2.75, 3.05) is 5.32 Å². The third-order valence-electron chi connectivity index (χ3n) is 3.13. The van der Waals surface area contributed by atoms with Crippen molar-refractivity contribution in [3.63, 3.8) is 0 Å². The van der Waals surface area contributed by atoms with E-state index in [0.717, 1.165) is 24.2 Å². The maximum atomic E-state index is 12.4. The largest absolute Gasteiger partial charge is 0.322 e. The summed E-state index contributed by atoms with van der Waals surface area (Å²) in [6.45, 7) is 2.11. The number of hydrogen-bond acceptors (Lipinski definition) is 3. The molecule has 21 heavy (non-hydrogen) atoms. The first kappa shape index (κ1) is 13.6. The molecular formula is C15H16N4OS. The van der Waals surface area contributed by atoms with Crippen molar-refractivity contribution in [1.29, 1.82) is 0 Å². The molecule has 2 N–H and O–H groups in total. The molecule has 6 heteroatoms. The van der Waals surface area contributed by atoms with Crippen LogP contribution < -0.4 is 5.32 Å². The van der Waals surface area contributed by atoms with E-state index in [4.69, 9.17) is 0 Å². The molecule has 3 rings (SSSR count). The lowest BCUT2D eigenvalue weighted by atomic mass is 10.2. The van der Waals surface area contributed by atoms with Crippen LogP contribution in [0.15, 0.2) is 42.0 Å². The van der Waals surface area contributed by atoms with E-state index in [2.05, 4.69) is 22.4 Å². The molecule has 3 aromatic heterocycles. The fourth-order valence-corrected chi connectivity index (χ4v) is 2.95. The molecule has 3 heterocycles. The zero-order valence-corrected chi connectivity index (χ0v) is 12.5. The van der Waals surface area contributed by atoms with Gasteiger partial charge in [0.25, 0.3) is 5.91 Å². The monoisotopic (exact) mass is 300 g/mol. The summed E-state index contributed by atoms with van der Waals surface area (Å²) in [5.74, 6) is 0.429. The molecule has 108 valence electrons. The first-order chi connectivity index (χ1) is 10.3. The highest BCUT2D eigenvalue weighted by Gasteiger charge is 2.15. The van der Waals surface area contributed by atoms with Gasteiger partial charge in [-0.25, -0.2) is 0 Å². The third kappa shape index (κ3) is 2.90. The SMILES string of the molecule is CCCc1cc(NC(=O)c2sccc2-n2cccc2)n[nH]1. The van der Waals surface area contributed by atoms with Crippen molar-refractivity contribution in [1.82, 2.24) is 14.8 Å². The van der Waals surface area contributed by atoms with Crippen LogP contribution in [-0.2, 0) is 6.42 Å². The minimum Gasteiger partial charge on any atom is -0.322 e. The molecule has 0 fully saturated rings. The van der Waals surface area contributed by atoms with E-state index >= 15 is 0 Å². The Morgan fingerprint density at radius 1 is 1.43 bits per heavy atom. The fraction of sp³-hybridized carbons (Fsp3) is 0.200. The highest BCUT2D eigenvalue weighted by Crippen LogP contribution is 2.22. The Balaban J connectivity index is 1.78. The smallest absolute Gasteiger partial charge is 0.269 e. The molecule has 0 saturated carbocycles. The topological polar surface area (TPSA) is 62.7 Å². The van der Waals surface area contributed by atoms with Crippen molar-refractivity contribution in [2.45, 2.75) is 19.8 Å². The van der Waals surface area contributed by atoms with Crippen LogP contribution >= 0.6 is 11.3 Å². The molecule has 0 atom stereocenters. The molecule has 0 saturated heterocycles. The fourth-order valence-electron chi connectivity index (χ4n) is 2.17. The summed E-state index contributed by atoms with van der Waals surface area (Å²) in [4.78, 5) is 13.1. The van der Waals surface area contributed by atoms with Gasteiger partial charge in [-0.15, -0.1) is 11.3 Å². The molecular weight excluding hydrogens is 284 g/mol. The van der Waals surface area contributed by atoms with Gasteiger partial charge in [0.2, 0.25) is 0 Å². The maximum absolute atomic E-state index is 12.4. The number of nitrogens with zero attached hydrogens (tertiary/aromatic N) is 2. The molecule has 0 aliphatic heterocycles. The quantitative estimate of drug-likeness (QED) is 0.758. The van der Waals surface area contributed by atoms with Gasteiger partial charge in [-0.05, 0) is 30.0 Å². The van der Waals surface area contributed by atoms with Gasteiger partial charge >= 0.3 is 0 Å². The van der Waals surface area contributed by atoms with Crippen LogP contribution in [0.5, 0.6) is 0 Å². The molecule has 5 nitrogen and oxygen atoms in total. The third-order valence-corrected chi connectivity index (χ3v) is 4.03. The highest BCUT2D eigenvalue weighted by atomic mass is 32.1. The number of aryl methyl sites for hydroxylation is 1. The summed E-state index contributed by atoms with van der Waals surface area (Å²) in [5, 5.41) is 11.8. The maximum Gasteiger partial charge on any atom is 0.269 e. The van der Waals surface area contributed by atoms with E-state index in [0.29, 0.717) is 10.7 Å². The number of anilines is 1. The second-order valence-corrected chi connectivity index (χ2v) is 5.62. The normalized spacial score (nSPS) is 10.7. The van der Waals surface area contributed by atoms with Crippen LogP contribution in [-0.4, -0.2) is 20.7 Å². The van der Waals surface area contributed by atoms with Gasteiger partial charge in [0, 0.05) is 24.2 Å². The van der Waals surface area contributed by atoms with E-state index in [9.17, 15) is 4.79 Å². The second-order valence-electron chi connectivity index (χ2n) is 4.71. The summed E-state index contributed by atoms with van der Waals surface area (Å²) in [6.07, 6.45) is 5.81. The number of nitrogens with one attached hydrogen (secondary N) is 2. The van der Waals surface area contributed by atoms with E-state index in [1.807, 2.05) is 46.6 Å². The highest BCUT2D eigenvalue weighted by molar-refractivity contribution is 7.12. The number of thiophene rings is 1. The summed E-state index contributed by atoms with van der Waals surface area (Å²) < 4.78 is 1.93. The van der Waals surface area contributed by atoms with Gasteiger partial charge in [-0.3, -0.25) is 9.89 Å². The number of rotatable bonds is 5. The van der Waals surface area contributed by atoms with Crippen molar-refractivity contribution >= 4 is 23.1 Å². The summed E-state index contributed by atoms with van der Waals surface area (Å²) in [5.41, 5.74) is 1.91. The van der Waals surface area contributed by atoms with Gasteiger partial charge in [0.05, 0.1) is 5.69 Å². The average molecular weight is 300 g/mol. The van der Waals surface area contributed by atoms with Gasteiger partial charge in [0.1, 0.15) is 4.88 Å². The van der Waals surface area contributed by atoms with Crippen molar-refractivity contribution in [3.8, 4) is 5.69 Å². The Bertz CT molecular complexity index is 727. The lowest BCUT2D eigenvalue weighted by Crippen LogP contribution is -2.12. The number of hydrogen-bond donors (Lipinski definition) is 2. The molecule has 3 aromatic rings. The number of aromatic amines is 1. The summed E-state index contributed by atoms with van der Waals surface area (Å²) in [6, 6.07) is 7.69. The first-order valence-electron chi connectivity index (χ1n) is 6.84. The first-order valence-corrected chi connectivity index (χ1v) is 7.72. The van der Waals surface area contributed by atoms with Crippen LogP contribution in [0.3, 0.4) is 0 Å². The van der Waals surface area contributed by atoms with Gasteiger partial charge in [0.15, 0.2) is 5.82 Å². The number of aromatic nitrogens is 3.